The highest BCUT2D eigenvalue weighted by molar-refractivity contribution is 7.91. The summed E-state index contributed by atoms with van der Waals surface area (Å²) < 4.78 is 23.1. The molecular formula is C14H26N2O3S. The molecule has 1 atom stereocenters. The van der Waals surface area contributed by atoms with E-state index in [1.807, 2.05) is 6.92 Å². The van der Waals surface area contributed by atoms with Crippen molar-refractivity contribution in [1.29, 1.82) is 0 Å². The summed E-state index contributed by atoms with van der Waals surface area (Å²) in [6, 6.07) is 0. The van der Waals surface area contributed by atoms with E-state index in [0.29, 0.717) is 13.0 Å². The Kier molecular flexibility index (Phi) is 5.07. The van der Waals surface area contributed by atoms with Gasteiger partial charge in [-0.05, 0) is 39.3 Å². The van der Waals surface area contributed by atoms with Crippen LogP contribution in [0.15, 0.2) is 0 Å². The normalized spacial score (nSPS) is 31.4. The Hall–Kier alpha value is -0.620. The van der Waals surface area contributed by atoms with Gasteiger partial charge in [0, 0.05) is 0 Å². The molecule has 0 bridgehead atoms. The van der Waals surface area contributed by atoms with Gasteiger partial charge in [-0.1, -0.05) is 19.3 Å². The third-order valence-electron chi connectivity index (χ3n) is 4.26. The lowest BCUT2D eigenvalue weighted by atomic mass is 10.0. The van der Waals surface area contributed by atoms with Gasteiger partial charge in [0.05, 0.1) is 23.6 Å². The molecule has 0 spiro atoms. The van der Waals surface area contributed by atoms with Crippen LogP contribution in [0.4, 0.5) is 0 Å². The van der Waals surface area contributed by atoms with Gasteiger partial charge < -0.3 is 5.32 Å². The summed E-state index contributed by atoms with van der Waals surface area (Å²) in [6.45, 7) is 4.18. The molecule has 0 saturated carbocycles. The number of hydrogen-bond donors (Lipinski definition) is 1. The van der Waals surface area contributed by atoms with E-state index in [4.69, 9.17) is 0 Å². The van der Waals surface area contributed by atoms with Crippen molar-refractivity contribution in [2.75, 3.05) is 31.1 Å². The highest BCUT2D eigenvalue weighted by Crippen LogP contribution is 2.22. The van der Waals surface area contributed by atoms with Crippen LogP contribution >= 0.6 is 0 Å². The molecule has 2 heterocycles. The molecule has 0 aromatic rings. The minimum Gasteiger partial charge on any atom is -0.349 e. The van der Waals surface area contributed by atoms with Crippen LogP contribution in [0.1, 0.15) is 45.4 Å². The lowest BCUT2D eigenvalue weighted by Gasteiger charge is -2.28. The number of hydrogen-bond acceptors (Lipinski definition) is 4. The highest BCUT2D eigenvalue weighted by atomic mass is 32.2. The van der Waals surface area contributed by atoms with Crippen molar-refractivity contribution in [1.82, 2.24) is 10.2 Å². The lowest BCUT2D eigenvalue weighted by Crippen LogP contribution is -2.50. The minimum atomic E-state index is -2.97. The summed E-state index contributed by atoms with van der Waals surface area (Å²) in [5.74, 6) is 0.226. The van der Waals surface area contributed by atoms with Crippen LogP contribution in [0.25, 0.3) is 0 Å². The number of rotatable bonds is 3. The van der Waals surface area contributed by atoms with E-state index >= 15 is 0 Å². The van der Waals surface area contributed by atoms with Gasteiger partial charge in [0.2, 0.25) is 5.91 Å². The van der Waals surface area contributed by atoms with Gasteiger partial charge >= 0.3 is 0 Å². The summed E-state index contributed by atoms with van der Waals surface area (Å²) in [6.07, 6.45) is 6.62. The van der Waals surface area contributed by atoms with E-state index in [0.717, 1.165) is 25.9 Å². The average molecular weight is 302 g/mol. The standard InChI is InChI=1S/C14H26N2O3S/c1-14(7-10-20(18,19)12-14)15-13(17)11-16-8-5-3-2-4-6-9-16/h2-12H2,1H3,(H,15,17)/t14-/m1/s1. The second kappa shape index (κ2) is 6.43. The van der Waals surface area contributed by atoms with Crippen LogP contribution < -0.4 is 5.32 Å². The van der Waals surface area contributed by atoms with Gasteiger partial charge in [-0.25, -0.2) is 8.42 Å². The van der Waals surface area contributed by atoms with Crippen molar-refractivity contribution in [3.05, 3.63) is 0 Å². The van der Waals surface area contributed by atoms with Crippen LogP contribution in [0.3, 0.4) is 0 Å². The van der Waals surface area contributed by atoms with E-state index < -0.39 is 15.4 Å². The number of carbonyl (C=O) groups excluding carboxylic acids is 1. The smallest absolute Gasteiger partial charge is 0.234 e. The van der Waals surface area contributed by atoms with Crippen LogP contribution in [0.5, 0.6) is 0 Å². The van der Waals surface area contributed by atoms with E-state index in [-0.39, 0.29) is 17.4 Å². The molecule has 2 aliphatic rings. The first-order valence-electron chi connectivity index (χ1n) is 7.62. The summed E-state index contributed by atoms with van der Waals surface area (Å²) in [5.41, 5.74) is -0.571. The molecule has 20 heavy (non-hydrogen) atoms. The van der Waals surface area contributed by atoms with Gasteiger partial charge in [0.1, 0.15) is 0 Å². The fourth-order valence-corrected chi connectivity index (χ4v) is 5.25. The zero-order chi connectivity index (χ0) is 14.6. The van der Waals surface area contributed by atoms with E-state index in [9.17, 15) is 13.2 Å². The van der Waals surface area contributed by atoms with Gasteiger partial charge in [0.25, 0.3) is 0 Å². The summed E-state index contributed by atoms with van der Waals surface area (Å²) in [5, 5.41) is 2.93. The topological polar surface area (TPSA) is 66.5 Å². The molecule has 6 heteroatoms. The van der Waals surface area contributed by atoms with E-state index in [1.165, 1.54) is 19.3 Å². The van der Waals surface area contributed by atoms with Gasteiger partial charge in [-0.2, -0.15) is 0 Å². The fourth-order valence-electron chi connectivity index (χ4n) is 3.16. The Bertz CT molecular complexity index is 441. The van der Waals surface area contributed by atoms with Crippen molar-refractivity contribution in [3.63, 3.8) is 0 Å². The van der Waals surface area contributed by atoms with Crippen LogP contribution in [-0.2, 0) is 14.6 Å². The summed E-state index contributed by atoms with van der Waals surface area (Å²) in [4.78, 5) is 14.3. The van der Waals surface area contributed by atoms with Crippen molar-refractivity contribution >= 4 is 15.7 Å². The zero-order valence-corrected chi connectivity index (χ0v) is 13.2. The Morgan fingerprint density at radius 1 is 1.15 bits per heavy atom. The summed E-state index contributed by atoms with van der Waals surface area (Å²) in [7, 11) is -2.97. The number of nitrogens with zero attached hydrogens (tertiary/aromatic N) is 1. The molecule has 0 aliphatic carbocycles. The summed E-state index contributed by atoms with van der Waals surface area (Å²) >= 11 is 0. The Labute approximate surface area is 122 Å². The number of nitrogens with one attached hydrogen (secondary N) is 1. The quantitative estimate of drug-likeness (QED) is 0.843. The zero-order valence-electron chi connectivity index (χ0n) is 12.4. The maximum atomic E-state index is 12.1. The SMILES string of the molecule is C[C@@]1(NC(=O)CN2CCCCCCC2)CCS(=O)(=O)C1. The van der Waals surface area contributed by atoms with Crippen LogP contribution in [0.2, 0.25) is 0 Å². The molecule has 0 aromatic heterocycles. The first-order valence-corrected chi connectivity index (χ1v) is 9.45. The first-order chi connectivity index (χ1) is 9.39. The number of likely N-dealkylation sites (tertiary alicyclic amines) is 1. The number of sulfone groups is 1. The molecule has 0 radical (unpaired) electrons. The molecule has 1 amide bonds. The Balaban J connectivity index is 1.82. The second-order valence-corrected chi connectivity index (χ2v) is 8.68. The highest BCUT2D eigenvalue weighted by Gasteiger charge is 2.39. The molecular weight excluding hydrogens is 276 g/mol. The van der Waals surface area contributed by atoms with Gasteiger partial charge in [-0.3, -0.25) is 9.69 Å². The van der Waals surface area contributed by atoms with Crippen LogP contribution in [0, 0.1) is 0 Å². The molecule has 2 aliphatic heterocycles. The molecule has 0 unspecified atom stereocenters. The number of amides is 1. The fraction of sp³-hybridized carbons (Fsp3) is 0.929. The largest absolute Gasteiger partial charge is 0.349 e. The molecule has 2 rings (SSSR count). The molecule has 0 aromatic carbocycles. The maximum Gasteiger partial charge on any atom is 0.234 e. The van der Waals surface area contributed by atoms with Crippen molar-refractivity contribution < 1.29 is 13.2 Å². The third kappa shape index (κ3) is 4.74. The predicted octanol–water partition coefficient (Wildman–Crippen LogP) is 0.946. The molecule has 2 fully saturated rings. The third-order valence-corrected chi connectivity index (χ3v) is 6.16. The van der Waals surface area contributed by atoms with Crippen LogP contribution in [-0.4, -0.2) is 55.9 Å². The molecule has 116 valence electrons. The first kappa shape index (κ1) is 15.8. The Morgan fingerprint density at radius 3 is 2.30 bits per heavy atom. The van der Waals surface area contributed by atoms with Gasteiger partial charge in [-0.15, -0.1) is 0 Å². The average Bonchev–Trinajstić information content (AvgIpc) is 2.56. The van der Waals surface area contributed by atoms with E-state index in [2.05, 4.69) is 10.2 Å². The van der Waals surface area contributed by atoms with Crippen molar-refractivity contribution in [2.45, 2.75) is 51.0 Å². The van der Waals surface area contributed by atoms with Gasteiger partial charge in [0.15, 0.2) is 9.84 Å². The minimum absolute atomic E-state index is 0.0369. The predicted molar refractivity (Wildman–Crippen MR) is 79.3 cm³/mol. The molecule has 2 saturated heterocycles. The maximum absolute atomic E-state index is 12.1. The molecule has 5 nitrogen and oxygen atoms in total. The monoisotopic (exact) mass is 302 g/mol. The Morgan fingerprint density at radius 2 is 1.75 bits per heavy atom. The molecule has 1 N–H and O–H groups in total. The van der Waals surface area contributed by atoms with E-state index in [1.54, 1.807) is 0 Å². The van der Waals surface area contributed by atoms with Crippen molar-refractivity contribution in [3.8, 4) is 0 Å². The number of carbonyl (C=O) groups is 1. The second-order valence-electron chi connectivity index (χ2n) is 6.49. The van der Waals surface area contributed by atoms with Crippen molar-refractivity contribution in [2.24, 2.45) is 0 Å². The lowest BCUT2D eigenvalue weighted by molar-refractivity contribution is -0.123.